The number of sulfonamides is 1. The average Bonchev–Trinajstić information content (AvgIpc) is 2.68. The van der Waals surface area contributed by atoms with Crippen LogP contribution >= 0.6 is 15.9 Å². The molecule has 0 bridgehead atoms. The van der Waals surface area contributed by atoms with Gasteiger partial charge in [-0.25, -0.2) is 8.42 Å². The van der Waals surface area contributed by atoms with Gasteiger partial charge in [0.05, 0.1) is 11.4 Å². The van der Waals surface area contributed by atoms with Gasteiger partial charge in [0.15, 0.2) is 0 Å². The number of nitrogens with zero attached hydrogens (tertiary/aromatic N) is 2. The number of carbonyl (C=O) groups is 2. The average molecular weight is 468 g/mol. The van der Waals surface area contributed by atoms with Crippen molar-refractivity contribution in [1.29, 1.82) is 0 Å². The van der Waals surface area contributed by atoms with Crippen LogP contribution in [0, 0.1) is 0 Å². The molecule has 150 valence electrons. The van der Waals surface area contributed by atoms with E-state index in [1.165, 1.54) is 24.1 Å². The first-order valence-corrected chi connectivity index (χ1v) is 10.7. The Morgan fingerprint density at radius 3 is 2.11 bits per heavy atom. The molecule has 2 rings (SSSR count). The molecule has 9 heteroatoms. The van der Waals surface area contributed by atoms with Gasteiger partial charge in [0, 0.05) is 37.7 Å². The van der Waals surface area contributed by atoms with Crippen molar-refractivity contribution in [3.63, 3.8) is 0 Å². The van der Waals surface area contributed by atoms with Crippen LogP contribution in [0.4, 0.5) is 0 Å². The molecule has 0 spiro atoms. The van der Waals surface area contributed by atoms with E-state index in [2.05, 4.69) is 21.2 Å². The third-order valence-corrected chi connectivity index (χ3v) is 6.51. The normalized spacial score (nSPS) is 11.3. The molecule has 0 radical (unpaired) electrons. The number of likely N-dealkylation sites (N-methyl/N-ethyl adjacent to an activating group) is 2. The summed E-state index contributed by atoms with van der Waals surface area (Å²) in [6.07, 6.45) is 0. The first-order valence-electron chi connectivity index (χ1n) is 8.42. The topological polar surface area (TPSA) is 86.8 Å². The quantitative estimate of drug-likeness (QED) is 0.675. The highest BCUT2D eigenvalue weighted by molar-refractivity contribution is 9.10. The van der Waals surface area contributed by atoms with Gasteiger partial charge in [0.2, 0.25) is 15.9 Å². The van der Waals surface area contributed by atoms with Crippen molar-refractivity contribution in [3.05, 3.63) is 64.1 Å². The molecule has 2 amide bonds. The third-order valence-electron chi connectivity index (χ3n) is 4.17. The van der Waals surface area contributed by atoms with Gasteiger partial charge in [-0.1, -0.05) is 28.1 Å². The zero-order valence-electron chi connectivity index (χ0n) is 15.8. The molecule has 0 aliphatic heterocycles. The van der Waals surface area contributed by atoms with Gasteiger partial charge in [0.1, 0.15) is 0 Å². The summed E-state index contributed by atoms with van der Waals surface area (Å²) < 4.78 is 27.0. The number of nitrogens with one attached hydrogen (secondary N) is 1. The molecule has 0 heterocycles. The highest BCUT2D eigenvalue weighted by atomic mass is 79.9. The van der Waals surface area contributed by atoms with Gasteiger partial charge in [-0.15, -0.1) is 0 Å². The summed E-state index contributed by atoms with van der Waals surface area (Å²) in [7, 11) is 0.785. The molecule has 7 nitrogen and oxygen atoms in total. The lowest BCUT2D eigenvalue weighted by molar-refractivity contribution is -0.130. The van der Waals surface area contributed by atoms with Crippen molar-refractivity contribution >= 4 is 37.8 Å². The van der Waals surface area contributed by atoms with Crippen molar-refractivity contribution in [2.45, 2.75) is 11.4 Å². The summed E-state index contributed by atoms with van der Waals surface area (Å²) in [4.78, 5) is 25.6. The summed E-state index contributed by atoms with van der Waals surface area (Å²) in [5.41, 5.74) is 1.36. The second-order valence-corrected chi connectivity index (χ2v) is 9.20. The lowest BCUT2D eigenvalue weighted by Crippen LogP contribution is -2.39. The SMILES string of the molecule is CNC(=O)c1ccc(CN(C)C(=O)CN(C)S(=O)(=O)c2ccc(Br)cc2)cc1. The number of amides is 2. The van der Waals surface area contributed by atoms with E-state index < -0.39 is 10.0 Å². The molecule has 2 aromatic rings. The van der Waals surface area contributed by atoms with Crippen LogP contribution in [0.1, 0.15) is 15.9 Å². The van der Waals surface area contributed by atoms with Gasteiger partial charge < -0.3 is 10.2 Å². The summed E-state index contributed by atoms with van der Waals surface area (Å²) in [5, 5.41) is 2.54. The van der Waals surface area contributed by atoms with Crippen LogP contribution in [-0.4, -0.2) is 57.1 Å². The second-order valence-electron chi connectivity index (χ2n) is 6.24. The molecule has 1 N–H and O–H groups in total. The first-order chi connectivity index (χ1) is 13.1. The van der Waals surface area contributed by atoms with Crippen LogP contribution in [0.5, 0.6) is 0 Å². The zero-order chi connectivity index (χ0) is 20.9. The van der Waals surface area contributed by atoms with Crippen LogP contribution < -0.4 is 5.32 Å². The Labute approximate surface area is 173 Å². The van der Waals surface area contributed by atoms with Crippen molar-refractivity contribution in [2.24, 2.45) is 0 Å². The van der Waals surface area contributed by atoms with Gasteiger partial charge >= 0.3 is 0 Å². The maximum Gasteiger partial charge on any atom is 0.251 e. The van der Waals surface area contributed by atoms with Gasteiger partial charge in [-0.05, 0) is 42.0 Å². The Morgan fingerprint density at radius 1 is 1.00 bits per heavy atom. The highest BCUT2D eigenvalue weighted by Crippen LogP contribution is 2.18. The first kappa shape index (κ1) is 22.1. The fraction of sp³-hybridized carbons (Fsp3) is 0.263. The number of hydrogen-bond donors (Lipinski definition) is 1. The summed E-state index contributed by atoms with van der Waals surface area (Å²) in [6, 6.07) is 13.1. The van der Waals surface area contributed by atoms with Crippen molar-refractivity contribution in [3.8, 4) is 0 Å². The van der Waals surface area contributed by atoms with Crippen molar-refractivity contribution in [1.82, 2.24) is 14.5 Å². The zero-order valence-corrected chi connectivity index (χ0v) is 18.2. The number of carbonyl (C=O) groups excluding carboxylic acids is 2. The Morgan fingerprint density at radius 2 is 1.57 bits per heavy atom. The second kappa shape index (κ2) is 9.31. The Hall–Kier alpha value is -2.23. The molecule has 0 unspecified atom stereocenters. The lowest BCUT2D eigenvalue weighted by Gasteiger charge is -2.22. The highest BCUT2D eigenvalue weighted by Gasteiger charge is 2.24. The number of benzene rings is 2. The van der Waals surface area contributed by atoms with Crippen LogP contribution in [0.25, 0.3) is 0 Å². The Balaban J connectivity index is 2.01. The fourth-order valence-electron chi connectivity index (χ4n) is 2.45. The molecular weight excluding hydrogens is 446 g/mol. The van der Waals surface area contributed by atoms with E-state index in [9.17, 15) is 18.0 Å². The summed E-state index contributed by atoms with van der Waals surface area (Å²) in [6.45, 7) is 0.0320. The predicted octanol–water partition coefficient (Wildman–Crippen LogP) is 2.09. The standard InChI is InChI=1S/C19H22BrN3O4S/c1-21-19(25)15-6-4-14(5-7-15)12-22(2)18(24)13-23(3)28(26,27)17-10-8-16(20)9-11-17/h4-11H,12-13H2,1-3H3,(H,21,25). The molecular formula is C19H22BrN3O4S. The van der Waals surface area contributed by atoms with Crippen LogP contribution in [0.3, 0.4) is 0 Å². The van der Waals surface area contributed by atoms with E-state index in [-0.39, 0.29) is 23.3 Å². The van der Waals surface area contributed by atoms with E-state index in [0.717, 1.165) is 14.3 Å². The van der Waals surface area contributed by atoms with E-state index in [0.29, 0.717) is 12.1 Å². The predicted molar refractivity (Wildman–Crippen MR) is 110 cm³/mol. The minimum atomic E-state index is -3.75. The largest absolute Gasteiger partial charge is 0.355 e. The van der Waals surface area contributed by atoms with E-state index >= 15 is 0 Å². The fourth-order valence-corrected chi connectivity index (χ4v) is 3.84. The minimum Gasteiger partial charge on any atom is -0.355 e. The molecule has 0 aliphatic carbocycles. The Kier molecular flexibility index (Phi) is 7.34. The number of halogens is 1. The summed E-state index contributed by atoms with van der Waals surface area (Å²) >= 11 is 3.27. The molecule has 0 saturated carbocycles. The maximum atomic E-state index is 12.6. The van der Waals surface area contributed by atoms with Gasteiger partial charge in [-0.3, -0.25) is 9.59 Å². The lowest BCUT2D eigenvalue weighted by atomic mass is 10.1. The van der Waals surface area contributed by atoms with E-state index in [1.807, 2.05) is 0 Å². The van der Waals surface area contributed by atoms with E-state index in [1.54, 1.807) is 50.5 Å². The Bertz CT molecular complexity index is 944. The van der Waals surface area contributed by atoms with E-state index in [4.69, 9.17) is 0 Å². The molecule has 2 aromatic carbocycles. The van der Waals surface area contributed by atoms with Crippen LogP contribution in [0.15, 0.2) is 57.9 Å². The minimum absolute atomic E-state index is 0.124. The third kappa shape index (κ3) is 5.40. The molecule has 0 aliphatic rings. The molecule has 0 fully saturated rings. The molecule has 28 heavy (non-hydrogen) atoms. The van der Waals surface area contributed by atoms with Gasteiger partial charge in [-0.2, -0.15) is 4.31 Å². The molecule has 0 aromatic heterocycles. The summed E-state index contributed by atoms with van der Waals surface area (Å²) in [5.74, 6) is -0.519. The monoisotopic (exact) mass is 467 g/mol. The maximum absolute atomic E-state index is 12.6. The van der Waals surface area contributed by atoms with Gasteiger partial charge in [0.25, 0.3) is 5.91 Å². The van der Waals surface area contributed by atoms with Crippen molar-refractivity contribution in [2.75, 3.05) is 27.7 Å². The molecule has 0 saturated heterocycles. The van der Waals surface area contributed by atoms with Crippen LogP contribution in [-0.2, 0) is 21.4 Å². The smallest absolute Gasteiger partial charge is 0.251 e. The van der Waals surface area contributed by atoms with Crippen LogP contribution in [0.2, 0.25) is 0 Å². The number of hydrogen-bond acceptors (Lipinski definition) is 4. The van der Waals surface area contributed by atoms with Crippen molar-refractivity contribution < 1.29 is 18.0 Å². The number of rotatable bonds is 7. The molecule has 0 atom stereocenters.